The van der Waals surface area contributed by atoms with Crippen molar-refractivity contribution in [2.75, 3.05) is 20.1 Å². The number of esters is 1. The molecule has 200 valence electrons. The molecule has 34 heavy (non-hydrogen) atoms. The summed E-state index contributed by atoms with van der Waals surface area (Å²) in [5, 5.41) is 20.1. The number of halogens is 1. The average Bonchev–Trinajstić information content (AvgIpc) is 3.21. The molecule has 0 aromatic heterocycles. The molecule has 0 radical (unpaired) electrons. The summed E-state index contributed by atoms with van der Waals surface area (Å²) in [4.78, 5) is 21.8. The second-order valence-electron chi connectivity index (χ2n) is 8.44. The SMILES string of the molecule is C=C(C)CCCCC(C)=O.CC.CCl.COC(=O)CC1CCC2OC3C(O)COC3C(O)C2O1. The maximum Gasteiger partial charge on any atom is 0.308 e. The minimum absolute atomic E-state index is 0.164. The van der Waals surface area contributed by atoms with Gasteiger partial charge in [0.1, 0.15) is 36.3 Å². The third-order valence-electron chi connectivity index (χ3n) is 5.66. The number of hydrogen-bond acceptors (Lipinski definition) is 8. The number of carbonyl (C=O) groups excluding carboxylic acids is 2. The molecule has 3 aliphatic rings. The van der Waals surface area contributed by atoms with Gasteiger partial charge in [-0.15, -0.1) is 18.2 Å². The van der Waals surface area contributed by atoms with E-state index in [1.165, 1.54) is 19.1 Å². The highest BCUT2D eigenvalue weighted by Gasteiger charge is 2.53. The van der Waals surface area contributed by atoms with Crippen LogP contribution in [-0.2, 0) is 28.5 Å². The first kappa shape index (κ1) is 33.0. The summed E-state index contributed by atoms with van der Waals surface area (Å²) in [5.41, 5.74) is 1.21. The topological polar surface area (TPSA) is 112 Å². The van der Waals surface area contributed by atoms with Crippen molar-refractivity contribution in [3.63, 3.8) is 0 Å². The zero-order valence-electron chi connectivity index (χ0n) is 21.6. The summed E-state index contributed by atoms with van der Waals surface area (Å²) in [7, 11) is 1.34. The van der Waals surface area contributed by atoms with Crippen LogP contribution in [0.3, 0.4) is 0 Å². The molecule has 0 aliphatic carbocycles. The standard InChI is InChI=1S/C13H20O7.C9H16O.C2H6.CH3Cl/c1-17-9(15)4-6-2-3-8-12(19-6)10(16)13-11(20-8)7(14)5-18-13;1-8(2)6-4-5-7-9(3)10;2*1-2/h6-8,10-14,16H,2-5H2,1H3;1,4-7H2,2-3H3;1-2H3;1H3. The first-order valence-corrected chi connectivity index (χ1v) is 12.9. The molecule has 0 aromatic rings. The summed E-state index contributed by atoms with van der Waals surface area (Å²) in [6, 6.07) is 0. The molecule has 9 heteroatoms. The molecule has 0 bridgehead atoms. The van der Waals surface area contributed by atoms with Crippen molar-refractivity contribution >= 4 is 23.4 Å². The van der Waals surface area contributed by atoms with E-state index in [1.807, 2.05) is 20.8 Å². The maximum absolute atomic E-state index is 11.3. The van der Waals surface area contributed by atoms with Gasteiger partial charge in [0.2, 0.25) is 0 Å². The summed E-state index contributed by atoms with van der Waals surface area (Å²) in [6.45, 7) is 11.6. The number of Topliss-reactive ketones (excluding diaryl/α,β-unsaturated/α-hetero) is 1. The van der Waals surface area contributed by atoms with Gasteiger partial charge in [0.05, 0.1) is 32.3 Å². The largest absolute Gasteiger partial charge is 0.469 e. The smallest absolute Gasteiger partial charge is 0.308 e. The fraction of sp³-hybridized carbons (Fsp3) is 0.840. The predicted octanol–water partition coefficient (Wildman–Crippen LogP) is 3.58. The minimum Gasteiger partial charge on any atom is -0.469 e. The van der Waals surface area contributed by atoms with Crippen LogP contribution < -0.4 is 0 Å². The number of carbonyl (C=O) groups is 2. The number of rotatable bonds is 7. The number of fused-ring (bicyclic) bond motifs is 2. The molecule has 3 aliphatic heterocycles. The quantitative estimate of drug-likeness (QED) is 0.232. The number of methoxy groups -OCH3 is 1. The minimum atomic E-state index is -0.851. The van der Waals surface area contributed by atoms with E-state index in [2.05, 4.69) is 22.9 Å². The van der Waals surface area contributed by atoms with Gasteiger partial charge >= 0.3 is 5.97 Å². The molecule has 7 atom stereocenters. The van der Waals surface area contributed by atoms with Gasteiger partial charge in [-0.1, -0.05) is 19.4 Å². The Bertz CT molecular complexity index is 583. The molecular formula is C25H45ClO8. The molecule has 0 amide bonds. The van der Waals surface area contributed by atoms with Crippen molar-refractivity contribution in [1.82, 2.24) is 0 Å². The fourth-order valence-corrected chi connectivity index (χ4v) is 4.03. The Labute approximate surface area is 209 Å². The third kappa shape index (κ3) is 11.1. The maximum atomic E-state index is 11.3. The van der Waals surface area contributed by atoms with Gasteiger partial charge in [0, 0.05) is 12.8 Å². The lowest BCUT2D eigenvalue weighted by molar-refractivity contribution is -0.258. The van der Waals surface area contributed by atoms with Crippen molar-refractivity contribution in [3.05, 3.63) is 12.2 Å². The van der Waals surface area contributed by atoms with E-state index in [1.54, 1.807) is 6.92 Å². The molecule has 3 heterocycles. The van der Waals surface area contributed by atoms with Crippen LogP contribution in [0.2, 0.25) is 0 Å². The van der Waals surface area contributed by atoms with Gasteiger partial charge in [0.25, 0.3) is 0 Å². The Morgan fingerprint density at radius 3 is 2.18 bits per heavy atom. The number of ketones is 1. The molecule has 3 rings (SSSR count). The molecule has 7 unspecified atom stereocenters. The van der Waals surface area contributed by atoms with Crippen LogP contribution in [0.4, 0.5) is 0 Å². The van der Waals surface area contributed by atoms with E-state index in [0.29, 0.717) is 18.6 Å². The lowest BCUT2D eigenvalue weighted by Gasteiger charge is -2.46. The predicted molar refractivity (Wildman–Crippen MR) is 132 cm³/mol. The number of allylic oxidation sites excluding steroid dienone is 1. The van der Waals surface area contributed by atoms with Gasteiger partial charge in [-0.25, -0.2) is 0 Å². The number of alkyl halides is 1. The second kappa shape index (κ2) is 18.3. The van der Waals surface area contributed by atoms with Crippen molar-refractivity contribution < 1.29 is 38.7 Å². The monoisotopic (exact) mass is 508 g/mol. The highest BCUT2D eigenvalue weighted by atomic mass is 35.5. The number of aliphatic hydroxyl groups is 2. The Morgan fingerprint density at radius 2 is 1.62 bits per heavy atom. The molecule has 0 saturated carbocycles. The molecule has 3 fully saturated rings. The lowest BCUT2D eigenvalue weighted by atomic mass is 9.88. The Hall–Kier alpha value is -1.03. The summed E-state index contributed by atoms with van der Waals surface area (Å²) in [6.07, 6.45) is 3.22. The van der Waals surface area contributed by atoms with Crippen molar-refractivity contribution in [1.29, 1.82) is 0 Å². The second-order valence-corrected chi connectivity index (χ2v) is 8.44. The summed E-state index contributed by atoms with van der Waals surface area (Å²) < 4.78 is 21.6. The van der Waals surface area contributed by atoms with E-state index in [-0.39, 0.29) is 31.2 Å². The van der Waals surface area contributed by atoms with Crippen LogP contribution in [0.5, 0.6) is 0 Å². The molecule has 2 N–H and O–H groups in total. The lowest BCUT2D eigenvalue weighted by Crippen LogP contribution is -2.61. The van der Waals surface area contributed by atoms with Crippen LogP contribution in [0.25, 0.3) is 0 Å². The highest BCUT2D eigenvalue weighted by molar-refractivity contribution is 6.15. The van der Waals surface area contributed by atoms with Gasteiger partial charge in [-0.3, -0.25) is 4.79 Å². The van der Waals surface area contributed by atoms with Crippen LogP contribution in [0.15, 0.2) is 12.2 Å². The van der Waals surface area contributed by atoms with E-state index in [9.17, 15) is 19.8 Å². The van der Waals surface area contributed by atoms with E-state index in [4.69, 9.17) is 14.2 Å². The zero-order chi connectivity index (χ0) is 26.3. The number of ether oxygens (including phenoxy) is 4. The normalized spacial score (nSPS) is 31.0. The van der Waals surface area contributed by atoms with Crippen molar-refractivity contribution in [2.24, 2.45) is 0 Å². The number of aliphatic hydroxyl groups excluding tert-OH is 2. The highest BCUT2D eigenvalue weighted by Crippen LogP contribution is 2.37. The van der Waals surface area contributed by atoms with Gasteiger partial charge in [0.15, 0.2) is 0 Å². The van der Waals surface area contributed by atoms with Crippen LogP contribution in [0, 0.1) is 0 Å². The van der Waals surface area contributed by atoms with E-state index < -0.39 is 30.5 Å². The molecule has 0 aromatic carbocycles. The Morgan fingerprint density at radius 1 is 1.00 bits per heavy atom. The summed E-state index contributed by atoms with van der Waals surface area (Å²) >= 11 is 4.64. The average molecular weight is 509 g/mol. The Balaban J connectivity index is 0.000000663. The molecule has 0 spiro atoms. The summed E-state index contributed by atoms with van der Waals surface area (Å²) in [5.74, 6) is -0.0354. The molecule has 8 nitrogen and oxygen atoms in total. The first-order valence-electron chi connectivity index (χ1n) is 12.1. The van der Waals surface area contributed by atoms with E-state index >= 15 is 0 Å². The van der Waals surface area contributed by atoms with Crippen LogP contribution in [0.1, 0.15) is 72.6 Å². The third-order valence-corrected chi connectivity index (χ3v) is 5.66. The van der Waals surface area contributed by atoms with Gasteiger partial charge in [-0.05, 0) is 46.0 Å². The molecular weight excluding hydrogens is 464 g/mol. The Kier molecular flexibility index (Phi) is 17.7. The zero-order valence-corrected chi connectivity index (χ0v) is 22.4. The van der Waals surface area contributed by atoms with Gasteiger partial charge in [-0.2, -0.15) is 0 Å². The van der Waals surface area contributed by atoms with Crippen LogP contribution >= 0.6 is 11.6 Å². The van der Waals surface area contributed by atoms with Crippen LogP contribution in [-0.4, -0.2) is 84.8 Å². The van der Waals surface area contributed by atoms with Crippen molar-refractivity contribution in [3.8, 4) is 0 Å². The van der Waals surface area contributed by atoms with Crippen molar-refractivity contribution in [2.45, 2.75) is 115 Å². The fourth-order valence-electron chi connectivity index (χ4n) is 4.03. The van der Waals surface area contributed by atoms with Gasteiger partial charge < -0.3 is 34.0 Å². The van der Waals surface area contributed by atoms with E-state index in [0.717, 1.165) is 25.7 Å². The number of unbranched alkanes of at least 4 members (excludes halogenated alkanes) is 1. The number of hydrogen-bond donors (Lipinski definition) is 2. The molecule has 3 saturated heterocycles. The first-order chi connectivity index (χ1) is 16.2.